The fraction of sp³-hybridized carbons (Fsp3) is 0.294. The fourth-order valence-corrected chi connectivity index (χ4v) is 2.14. The van der Waals surface area contributed by atoms with E-state index in [9.17, 15) is 0 Å². The Morgan fingerprint density at radius 2 is 1.81 bits per heavy atom. The zero-order chi connectivity index (χ0) is 15.2. The van der Waals surface area contributed by atoms with Crippen molar-refractivity contribution in [1.29, 1.82) is 0 Å². The molecule has 2 aromatic carbocycles. The third kappa shape index (κ3) is 4.35. The van der Waals surface area contributed by atoms with Crippen molar-refractivity contribution in [1.82, 2.24) is 0 Å². The summed E-state index contributed by atoms with van der Waals surface area (Å²) in [6.45, 7) is 4.79. The van der Waals surface area contributed by atoms with Gasteiger partial charge in [0, 0.05) is 0 Å². The first-order valence-corrected chi connectivity index (χ1v) is 7.28. The molecule has 0 bridgehead atoms. The van der Waals surface area contributed by atoms with Crippen LogP contribution in [0.5, 0.6) is 5.75 Å². The number of ether oxygens (including phenoxy) is 1. The predicted molar refractivity (Wildman–Crippen MR) is 85.7 cm³/mol. The first-order valence-electron chi connectivity index (χ1n) is 7.28. The highest BCUT2D eigenvalue weighted by Crippen LogP contribution is 2.21. The Morgan fingerprint density at radius 1 is 1.10 bits per heavy atom. The SMILES string of the molecule is CCC(C)c1ccc(OCc2cccc(B(O)O)c2)cc1. The van der Waals surface area contributed by atoms with Gasteiger partial charge in [0.2, 0.25) is 0 Å². The van der Waals surface area contributed by atoms with Crippen LogP contribution in [-0.4, -0.2) is 17.2 Å². The Balaban J connectivity index is 1.98. The lowest BCUT2D eigenvalue weighted by Crippen LogP contribution is -2.29. The molecule has 1 atom stereocenters. The first kappa shape index (κ1) is 15.6. The van der Waals surface area contributed by atoms with Gasteiger partial charge in [0.15, 0.2) is 0 Å². The molecule has 0 amide bonds. The molecule has 21 heavy (non-hydrogen) atoms. The summed E-state index contributed by atoms with van der Waals surface area (Å²) < 4.78 is 5.73. The summed E-state index contributed by atoms with van der Waals surface area (Å²) in [6.07, 6.45) is 1.12. The standard InChI is InChI=1S/C17H21BO3/c1-3-13(2)15-7-9-17(10-8-15)21-12-14-5-4-6-16(11-14)18(19)20/h4-11,13,19-20H,3,12H2,1-2H3. The lowest BCUT2D eigenvalue weighted by molar-refractivity contribution is 0.306. The van der Waals surface area contributed by atoms with Crippen LogP contribution in [0.1, 0.15) is 37.3 Å². The van der Waals surface area contributed by atoms with E-state index in [1.165, 1.54) is 5.56 Å². The highest BCUT2D eigenvalue weighted by molar-refractivity contribution is 6.58. The monoisotopic (exact) mass is 284 g/mol. The largest absolute Gasteiger partial charge is 0.489 e. The predicted octanol–water partition coefficient (Wildman–Crippen LogP) is 2.46. The quantitative estimate of drug-likeness (QED) is 0.801. The van der Waals surface area contributed by atoms with Gasteiger partial charge in [-0.25, -0.2) is 0 Å². The van der Waals surface area contributed by atoms with E-state index in [2.05, 4.69) is 26.0 Å². The van der Waals surface area contributed by atoms with Crippen LogP contribution in [0.4, 0.5) is 0 Å². The van der Waals surface area contributed by atoms with E-state index in [-0.39, 0.29) is 0 Å². The van der Waals surface area contributed by atoms with E-state index in [1.807, 2.05) is 18.2 Å². The summed E-state index contributed by atoms with van der Waals surface area (Å²) in [5, 5.41) is 18.3. The summed E-state index contributed by atoms with van der Waals surface area (Å²) in [7, 11) is -1.44. The van der Waals surface area contributed by atoms with Crippen molar-refractivity contribution in [2.75, 3.05) is 0 Å². The summed E-state index contributed by atoms with van der Waals surface area (Å²) in [4.78, 5) is 0. The molecule has 110 valence electrons. The van der Waals surface area contributed by atoms with Gasteiger partial charge in [-0.15, -0.1) is 0 Å². The van der Waals surface area contributed by atoms with Crippen LogP contribution in [0.15, 0.2) is 48.5 Å². The summed E-state index contributed by atoms with van der Waals surface area (Å²) in [6, 6.07) is 15.2. The zero-order valence-corrected chi connectivity index (χ0v) is 12.5. The maximum Gasteiger partial charge on any atom is 0.488 e. The molecule has 0 aromatic heterocycles. The summed E-state index contributed by atoms with van der Waals surface area (Å²) in [5.74, 6) is 1.37. The lowest BCUT2D eigenvalue weighted by Gasteiger charge is -2.11. The van der Waals surface area contributed by atoms with Crippen LogP contribution >= 0.6 is 0 Å². The molecule has 1 unspecified atom stereocenters. The van der Waals surface area contributed by atoms with E-state index >= 15 is 0 Å². The van der Waals surface area contributed by atoms with E-state index < -0.39 is 7.12 Å². The van der Waals surface area contributed by atoms with Crippen LogP contribution in [0, 0.1) is 0 Å². The first-order chi connectivity index (χ1) is 10.1. The minimum atomic E-state index is -1.44. The van der Waals surface area contributed by atoms with Crippen LogP contribution in [0.25, 0.3) is 0 Å². The minimum Gasteiger partial charge on any atom is -0.489 e. The van der Waals surface area contributed by atoms with Crippen molar-refractivity contribution >= 4 is 12.6 Å². The van der Waals surface area contributed by atoms with E-state index in [1.54, 1.807) is 18.2 Å². The van der Waals surface area contributed by atoms with Gasteiger partial charge in [-0.1, -0.05) is 50.2 Å². The number of benzene rings is 2. The highest BCUT2D eigenvalue weighted by Gasteiger charge is 2.10. The van der Waals surface area contributed by atoms with Gasteiger partial charge in [0.05, 0.1) is 0 Å². The highest BCUT2D eigenvalue weighted by atomic mass is 16.5. The van der Waals surface area contributed by atoms with Crippen molar-refractivity contribution in [3.63, 3.8) is 0 Å². The van der Waals surface area contributed by atoms with Crippen molar-refractivity contribution in [2.24, 2.45) is 0 Å². The second-order valence-electron chi connectivity index (χ2n) is 5.29. The van der Waals surface area contributed by atoms with Gasteiger partial charge in [-0.05, 0) is 41.1 Å². The molecule has 4 heteroatoms. The lowest BCUT2D eigenvalue weighted by atomic mass is 9.80. The number of hydrogen-bond acceptors (Lipinski definition) is 3. The Kier molecular flexibility index (Phi) is 5.42. The number of rotatable bonds is 6. The molecule has 0 heterocycles. The maximum atomic E-state index is 9.15. The minimum absolute atomic E-state index is 0.406. The molecule has 2 N–H and O–H groups in total. The van der Waals surface area contributed by atoms with Crippen molar-refractivity contribution in [2.45, 2.75) is 32.8 Å². The van der Waals surface area contributed by atoms with Gasteiger partial charge in [0.1, 0.15) is 12.4 Å². The van der Waals surface area contributed by atoms with Crippen LogP contribution in [0.3, 0.4) is 0 Å². The van der Waals surface area contributed by atoms with Gasteiger partial charge >= 0.3 is 7.12 Å². The summed E-state index contributed by atoms with van der Waals surface area (Å²) >= 11 is 0. The third-order valence-corrected chi connectivity index (χ3v) is 3.72. The molecule has 2 aromatic rings. The average molecular weight is 284 g/mol. The summed E-state index contributed by atoms with van der Waals surface area (Å²) in [5.41, 5.74) is 2.70. The Morgan fingerprint density at radius 3 is 2.43 bits per heavy atom. The molecular weight excluding hydrogens is 263 g/mol. The average Bonchev–Trinajstić information content (AvgIpc) is 2.53. The fourth-order valence-electron chi connectivity index (χ4n) is 2.14. The van der Waals surface area contributed by atoms with E-state index in [0.717, 1.165) is 17.7 Å². The van der Waals surface area contributed by atoms with Crippen LogP contribution in [0.2, 0.25) is 0 Å². The molecule has 0 saturated carbocycles. The van der Waals surface area contributed by atoms with Gasteiger partial charge in [0.25, 0.3) is 0 Å². The maximum absolute atomic E-state index is 9.15. The van der Waals surface area contributed by atoms with Crippen LogP contribution < -0.4 is 10.2 Å². The molecule has 2 rings (SSSR count). The second-order valence-corrected chi connectivity index (χ2v) is 5.29. The molecule has 0 saturated heterocycles. The second kappa shape index (κ2) is 7.30. The molecule has 0 aliphatic carbocycles. The molecule has 0 aliphatic rings. The zero-order valence-electron chi connectivity index (χ0n) is 12.5. The van der Waals surface area contributed by atoms with E-state index in [0.29, 0.717) is 18.0 Å². The van der Waals surface area contributed by atoms with Crippen LogP contribution in [-0.2, 0) is 6.61 Å². The molecular formula is C17H21BO3. The van der Waals surface area contributed by atoms with Gasteiger partial charge < -0.3 is 14.8 Å². The molecule has 0 fully saturated rings. The smallest absolute Gasteiger partial charge is 0.488 e. The molecule has 0 spiro atoms. The molecule has 0 aliphatic heterocycles. The topological polar surface area (TPSA) is 49.7 Å². The van der Waals surface area contributed by atoms with Crippen molar-refractivity contribution < 1.29 is 14.8 Å². The third-order valence-electron chi connectivity index (χ3n) is 3.72. The van der Waals surface area contributed by atoms with E-state index in [4.69, 9.17) is 14.8 Å². The number of hydrogen-bond donors (Lipinski definition) is 2. The van der Waals surface area contributed by atoms with Gasteiger partial charge in [-0.3, -0.25) is 0 Å². The Labute approximate surface area is 126 Å². The molecule has 3 nitrogen and oxygen atoms in total. The van der Waals surface area contributed by atoms with Crippen molar-refractivity contribution in [3.8, 4) is 5.75 Å². The van der Waals surface area contributed by atoms with Gasteiger partial charge in [-0.2, -0.15) is 0 Å². The molecule has 0 radical (unpaired) electrons. The Bertz CT molecular complexity index is 567. The normalized spacial score (nSPS) is 12.0. The Hall–Kier alpha value is -1.78. The van der Waals surface area contributed by atoms with Crippen molar-refractivity contribution in [3.05, 3.63) is 59.7 Å².